The first kappa shape index (κ1) is 20.9. The van der Waals surface area contributed by atoms with Crippen LogP contribution >= 0.6 is 0 Å². The van der Waals surface area contributed by atoms with Crippen LogP contribution in [0.4, 0.5) is 4.39 Å². The molecular weight excluding hydrogens is 409 g/mol. The number of hydrogen-bond donors (Lipinski definition) is 0. The molecule has 4 rings (SSSR count). The smallest absolute Gasteiger partial charge is 0.306 e. The molecule has 6 nitrogen and oxygen atoms in total. The molecule has 1 heterocycles. The number of esters is 1. The van der Waals surface area contributed by atoms with Crippen molar-refractivity contribution in [3.63, 3.8) is 0 Å². The van der Waals surface area contributed by atoms with Gasteiger partial charge in [0.15, 0.2) is 0 Å². The lowest BCUT2D eigenvalue weighted by Crippen LogP contribution is -2.06. The first-order chi connectivity index (χ1) is 15.6. The molecule has 0 saturated heterocycles. The second-order valence-corrected chi connectivity index (χ2v) is 7.03. The van der Waals surface area contributed by atoms with Crippen LogP contribution in [0.5, 0.6) is 0 Å². The van der Waals surface area contributed by atoms with Gasteiger partial charge in [0, 0.05) is 12.0 Å². The van der Waals surface area contributed by atoms with Crippen molar-refractivity contribution < 1.29 is 18.4 Å². The Morgan fingerprint density at radius 2 is 1.72 bits per heavy atom. The molecular formula is C25H18FN3O3. The fraction of sp³-hybridized carbons (Fsp3) is 0.120. The van der Waals surface area contributed by atoms with Crippen molar-refractivity contribution in [3.05, 3.63) is 95.6 Å². The van der Waals surface area contributed by atoms with Gasteiger partial charge in [-0.05, 0) is 47.0 Å². The van der Waals surface area contributed by atoms with Crippen LogP contribution in [0.15, 0.2) is 77.3 Å². The molecule has 0 aliphatic heterocycles. The molecule has 0 unspecified atom stereocenters. The minimum absolute atomic E-state index is 0.0959. The molecule has 158 valence electrons. The SMILES string of the molecule is N#Cc1ccccc1-c1ccc(COC(=O)CCc2nc(-c3ccc(F)cc3)no2)cc1. The number of carbonyl (C=O) groups excluding carboxylic acids is 1. The molecule has 0 aliphatic rings. The van der Waals surface area contributed by atoms with Crippen molar-refractivity contribution >= 4 is 5.97 Å². The second-order valence-electron chi connectivity index (χ2n) is 7.03. The van der Waals surface area contributed by atoms with E-state index in [-0.39, 0.29) is 31.2 Å². The fourth-order valence-corrected chi connectivity index (χ4v) is 3.13. The van der Waals surface area contributed by atoms with Crippen LogP contribution in [-0.2, 0) is 22.6 Å². The summed E-state index contributed by atoms with van der Waals surface area (Å²) in [6.45, 7) is 0.143. The largest absolute Gasteiger partial charge is 0.461 e. The van der Waals surface area contributed by atoms with E-state index in [1.807, 2.05) is 42.5 Å². The topological polar surface area (TPSA) is 89.0 Å². The van der Waals surface area contributed by atoms with Crippen LogP contribution in [0.1, 0.15) is 23.4 Å². The Labute approximate surface area is 183 Å². The van der Waals surface area contributed by atoms with E-state index in [4.69, 9.17) is 9.26 Å². The van der Waals surface area contributed by atoms with E-state index in [2.05, 4.69) is 16.2 Å². The number of nitrogens with zero attached hydrogens (tertiary/aromatic N) is 3. The molecule has 32 heavy (non-hydrogen) atoms. The van der Waals surface area contributed by atoms with Gasteiger partial charge in [-0.2, -0.15) is 10.2 Å². The summed E-state index contributed by atoms with van der Waals surface area (Å²) in [6, 6.07) is 22.8. The van der Waals surface area contributed by atoms with Crippen molar-refractivity contribution in [3.8, 4) is 28.6 Å². The van der Waals surface area contributed by atoms with Gasteiger partial charge in [0.2, 0.25) is 11.7 Å². The Hall–Kier alpha value is -4.31. The Morgan fingerprint density at radius 1 is 1.00 bits per heavy atom. The maximum atomic E-state index is 13.0. The zero-order valence-electron chi connectivity index (χ0n) is 17.0. The lowest BCUT2D eigenvalue weighted by atomic mass is 9.99. The lowest BCUT2D eigenvalue weighted by molar-refractivity contribution is -0.145. The summed E-state index contributed by atoms with van der Waals surface area (Å²) in [6.07, 6.45) is 0.343. The molecule has 0 spiro atoms. The molecule has 0 fully saturated rings. The van der Waals surface area contributed by atoms with Gasteiger partial charge >= 0.3 is 5.97 Å². The van der Waals surface area contributed by atoms with Gasteiger partial charge < -0.3 is 9.26 Å². The first-order valence-corrected chi connectivity index (χ1v) is 9.95. The maximum absolute atomic E-state index is 13.0. The number of halogens is 1. The normalized spacial score (nSPS) is 10.5. The number of aryl methyl sites for hydroxylation is 1. The van der Waals surface area contributed by atoms with E-state index in [0.29, 0.717) is 22.8 Å². The molecule has 4 aromatic rings. The number of aromatic nitrogens is 2. The average Bonchev–Trinajstić information content (AvgIpc) is 3.31. The van der Waals surface area contributed by atoms with Gasteiger partial charge in [-0.3, -0.25) is 4.79 Å². The van der Waals surface area contributed by atoms with E-state index in [9.17, 15) is 14.4 Å². The molecule has 7 heteroatoms. The third-order valence-electron chi connectivity index (χ3n) is 4.83. The highest BCUT2D eigenvalue weighted by Gasteiger charge is 2.12. The Kier molecular flexibility index (Phi) is 6.33. The summed E-state index contributed by atoms with van der Waals surface area (Å²) >= 11 is 0. The van der Waals surface area contributed by atoms with Crippen LogP contribution in [-0.4, -0.2) is 16.1 Å². The van der Waals surface area contributed by atoms with Crippen molar-refractivity contribution in [2.75, 3.05) is 0 Å². The first-order valence-electron chi connectivity index (χ1n) is 9.95. The van der Waals surface area contributed by atoms with Crippen molar-refractivity contribution in [2.24, 2.45) is 0 Å². The number of rotatable bonds is 7. The highest BCUT2D eigenvalue weighted by atomic mass is 19.1. The van der Waals surface area contributed by atoms with Crippen LogP contribution in [0.2, 0.25) is 0 Å². The second kappa shape index (κ2) is 9.67. The van der Waals surface area contributed by atoms with Gasteiger partial charge in [-0.15, -0.1) is 0 Å². The lowest BCUT2D eigenvalue weighted by Gasteiger charge is -2.07. The minimum Gasteiger partial charge on any atom is -0.461 e. The maximum Gasteiger partial charge on any atom is 0.306 e. The van der Waals surface area contributed by atoms with E-state index in [1.165, 1.54) is 12.1 Å². The highest BCUT2D eigenvalue weighted by molar-refractivity contribution is 5.71. The van der Waals surface area contributed by atoms with Crippen LogP contribution in [0, 0.1) is 17.1 Å². The molecule has 0 saturated carbocycles. The molecule has 0 bridgehead atoms. The predicted octanol–water partition coefficient (Wildman–Crippen LogP) is 5.09. The van der Waals surface area contributed by atoms with Gasteiger partial charge in [-0.25, -0.2) is 4.39 Å². The summed E-state index contributed by atoms with van der Waals surface area (Å²) in [5, 5.41) is 13.1. The minimum atomic E-state index is -0.384. The summed E-state index contributed by atoms with van der Waals surface area (Å²) in [5.41, 5.74) is 3.86. The van der Waals surface area contributed by atoms with Crippen molar-refractivity contribution in [2.45, 2.75) is 19.4 Å². The Balaban J connectivity index is 1.28. The zero-order chi connectivity index (χ0) is 22.3. The number of ether oxygens (including phenoxy) is 1. The molecule has 0 atom stereocenters. The monoisotopic (exact) mass is 427 g/mol. The quantitative estimate of drug-likeness (QED) is 0.382. The summed E-state index contributed by atoms with van der Waals surface area (Å²) in [5.74, 6) is -0.0829. The third-order valence-corrected chi connectivity index (χ3v) is 4.83. The van der Waals surface area contributed by atoms with E-state index in [0.717, 1.165) is 16.7 Å². The molecule has 0 radical (unpaired) electrons. The van der Waals surface area contributed by atoms with E-state index < -0.39 is 0 Å². The van der Waals surface area contributed by atoms with Gasteiger partial charge in [-0.1, -0.05) is 47.6 Å². The number of nitriles is 1. The number of carbonyl (C=O) groups is 1. The Bertz CT molecular complexity index is 1260. The van der Waals surface area contributed by atoms with E-state index in [1.54, 1.807) is 18.2 Å². The number of hydrogen-bond acceptors (Lipinski definition) is 6. The number of benzene rings is 3. The molecule has 0 amide bonds. The molecule has 0 N–H and O–H groups in total. The molecule has 0 aliphatic carbocycles. The van der Waals surface area contributed by atoms with Gasteiger partial charge in [0.05, 0.1) is 18.1 Å². The van der Waals surface area contributed by atoms with Crippen molar-refractivity contribution in [1.82, 2.24) is 10.1 Å². The van der Waals surface area contributed by atoms with Gasteiger partial charge in [0.25, 0.3) is 0 Å². The summed E-state index contributed by atoms with van der Waals surface area (Å²) in [4.78, 5) is 16.3. The summed E-state index contributed by atoms with van der Waals surface area (Å²) < 4.78 is 23.5. The molecule has 1 aromatic heterocycles. The summed E-state index contributed by atoms with van der Waals surface area (Å²) in [7, 11) is 0. The average molecular weight is 427 g/mol. The predicted molar refractivity (Wildman–Crippen MR) is 114 cm³/mol. The van der Waals surface area contributed by atoms with Crippen LogP contribution < -0.4 is 0 Å². The van der Waals surface area contributed by atoms with Crippen molar-refractivity contribution in [1.29, 1.82) is 5.26 Å². The highest BCUT2D eigenvalue weighted by Crippen LogP contribution is 2.23. The zero-order valence-corrected chi connectivity index (χ0v) is 17.0. The van der Waals surface area contributed by atoms with E-state index >= 15 is 0 Å². The van der Waals surface area contributed by atoms with Crippen LogP contribution in [0.3, 0.4) is 0 Å². The Morgan fingerprint density at radius 3 is 2.47 bits per heavy atom. The fourth-order valence-electron chi connectivity index (χ4n) is 3.13. The van der Waals surface area contributed by atoms with Crippen LogP contribution in [0.25, 0.3) is 22.5 Å². The van der Waals surface area contributed by atoms with Gasteiger partial charge in [0.1, 0.15) is 12.4 Å². The standard InChI is InChI=1S/C25H18FN3O3/c26-21-11-9-19(10-12-21)25-28-23(32-29-25)13-14-24(30)31-16-17-5-7-18(8-6-17)22-4-2-1-3-20(22)15-27/h1-12H,13-14,16H2. The molecule has 3 aromatic carbocycles. The third kappa shape index (κ3) is 5.05.